The van der Waals surface area contributed by atoms with Crippen molar-refractivity contribution in [1.82, 2.24) is 15.1 Å². The maximum atomic E-state index is 12.7. The number of hydrogen-bond acceptors (Lipinski definition) is 8. The van der Waals surface area contributed by atoms with E-state index in [1.807, 2.05) is 61.2 Å². The Morgan fingerprint density at radius 2 is 1.53 bits per heavy atom. The SMILES string of the molecule is COc1cc(-c2ccc(N3CCN(C(=O)COc4cc(C)ccc4C)CC3)nn2)cc(OC)c1OC. The summed E-state index contributed by atoms with van der Waals surface area (Å²) in [6.07, 6.45) is 0. The Bertz CT molecular complexity index is 1180. The molecule has 1 amide bonds. The molecule has 0 saturated carbocycles. The van der Waals surface area contributed by atoms with Crippen LogP contribution in [0, 0.1) is 13.8 Å². The van der Waals surface area contributed by atoms with Crippen molar-refractivity contribution in [3.8, 4) is 34.3 Å². The first kappa shape index (κ1) is 25.1. The lowest BCUT2D eigenvalue weighted by Gasteiger charge is -2.35. The number of amides is 1. The summed E-state index contributed by atoms with van der Waals surface area (Å²) in [5.41, 5.74) is 3.62. The van der Waals surface area contributed by atoms with E-state index in [-0.39, 0.29) is 12.5 Å². The van der Waals surface area contributed by atoms with Crippen LogP contribution in [-0.4, -0.2) is 75.1 Å². The Morgan fingerprint density at radius 3 is 2.11 bits per heavy atom. The predicted molar refractivity (Wildman–Crippen MR) is 137 cm³/mol. The zero-order valence-electron chi connectivity index (χ0n) is 21.4. The van der Waals surface area contributed by atoms with Gasteiger partial charge in [-0.3, -0.25) is 4.79 Å². The van der Waals surface area contributed by atoms with Gasteiger partial charge in [0, 0.05) is 31.7 Å². The largest absolute Gasteiger partial charge is 0.493 e. The fraction of sp³-hybridized carbons (Fsp3) is 0.370. The minimum atomic E-state index is -0.0145. The van der Waals surface area contributed by atoms with E-state index in [1.54, 1.807) is 21.3 Å². The van der Waals surface area contributed by atoms with Crippen LogP contribution in [0.3, 0.4) is 0 Å². The van der Waals surface area contributed by atoms with E-state index in [4.69, 9.17) is 18.9 Å². The highest BCUT2D eigenvalue weighted by atomic mass is 16.5. The van der Waals surface area contributed by atoms with Crippen molar-refractivity contribution in [3.05, 3.63) is 53.6 Å². The zero-order chi connectivity index (χ0) is 25.7. The standard InChI is InChI=1S/C27H32N4O5/c1-18-6-7-19(2)22(14-18)36-17-26(32)31-12-10-30(11-13-31)25-9-8-21(28-29-25)20-15-23(33-3)27(35-5)24(16-20)34-4/h6-9,14-16H,10-13,17H2,1-5H3. The van der Waals surface area contributed by atoms with Gasteiger partial charge in [0.15, 0.2) is 23.9 Å². The smallest absolute Gasteiger partial charge is 0.260 e. The number of hydrogen-bond donors (Lipinski definition) is 0. The molecule has 0 radical (unpaired) electrons. The predicted octanol–water partition coefficient (Wildman–Crippen LogP) is 3.51. The van der Waals surface area contributed by atoms with Crippen molar-refractivity contribution >= 4 is 11.7 Å². The van der Waals surface area contributed by atoms with E-state index in [2.05, 4.69) is 15.1 Å². The average molecular weight is 493 g/mol. The first-order valence-electron chi connectivity index (χ1n) is 11.8. The van der Waals surface area contributed by atoms with Crippen LogP contribution in [0.4, 0.5) is 5.82 Å². The molecule has 0 unspecified atom stereocenters. The monoisotopic (exact) mass is 492 g/mol. The number of piperazine rings is 1. The van der Waals surface area contributed by atoms with Gasteiger partial charge in [-0.15, -0.1) is 10.2 Å². The molecule has 9 nitrogen and oxygen atoms in total. The molecule has 9 heteroatoms. The first-order valence-corrected chi connectivity index (χ1v) is 11.8. The van der Waals surface area contributed by atoms with Crippen LogP contribution in [-0.2, 0) is 4.79 Å². The van der Waals surface area contributed by atoms with Crippen molar-refractivity contribution < 1.29 is 23.7 Å². The molecule has 0 N–H and O–H groups in total. The first-order chi connectivity index (χ1) is 17.4. The molecule has 1 saturated heterocycles. The number of nitrogens with zero attached hydrogens (tertiary/aromatic N) is 4. The molecule has 0 aliphatic carbocycles. The number of carbonyl (C=O) groups excluding carboxylic acids is 1. The molecule has 3 aromatic rings. The van der Waals surface area contributed by atoms with E-state index in [0.29, 0.717) is 49.1 Å². The molecule has 1 fully saturated rings. The van der Waals surface area contributed by atoms with Crippen LogP contribution in [0.1, 0.15) is 11.1 Å². The van der Waals surface area contributed by atoms with Crippen LogP contribution >= 0.6 is 0 Å². The Balaban J connectivity index is 1.36. The van der Waals surface area contributed by atoms with Gasteiger partial charge in [0.2, 0.25) is 5.75 Å². The number of rotatable bonds is 8. The van der Waals surface area contributed by atoms with Crippen LogP contribution in [0.25, 0.3) is 11.3 Å². The normalized spacial score (nSPS) is 13.4. The highest BCUT2D eigenvalue weighted by Gasteiger charge is 2.23. The second-order valence-corrected chi connectivity index (χ2v) is 8.62. The number of aryl methyl sites for hydroxylation is 2. The van der Waals surface area contributed by atoms with Gasteiger partial charge >= 0.3 is 0 Å². The summed E-state index contributed by atoms with van der Waals surface area (Å²) in [6, 6.07) is 13.5. The van der Waals surface area contributed by atoms with Crippen LogP contribution in [0.2, 0.25) is 0 Å². The summed E-state index contributed by atoms with van der Waals surface area (Å²) >= 11 is 0. The lowest BCUT2D eigenvalue weighted by Crippen LogP contribution is -2.50. The molecular weight excluding hydrogens is 460 g/mol. The number of aromatic nitrogens is 2. The van der Waals surface area contributed by atoms with Crippen LogP contribution < -0.4 is 23.8 Å². The van der Waals surface area contributed by atoms with Gasteiger partial charge in [0.1, 0.15) is 5.75 Å². The molecule has 2 heterocycles. The summed E-state index contributed by atoms with van der Waals surface area (Å²) in [5, 5.41) is 8.85. The van der Waals surface area contributed by atoms with Crippen molar-refractivity contribution in [2.24, 2.45) is 0 Å². The third-order valence-corrected chi connectivity index (χ3v) is 6.26. The lowest BCUT2D eigenvalue weighted by molar-refractivity contribution is -0.133. The molecule has 1 aromatic heterocycles. The molecule has 0 atom stereocenters. The third-order valence-electron chi connectivity index (χ3n) is 6.26. The number of carbonyl (C=O) groups is 1. The highest BCUT2D eigenvalue weighted by Crippen LogP contribution is 2.40. The van der Waals surface area contributed by atoms with E-state index in [9.17, 15) is 4.79 Å². The zero-order valence-corrected chi connectivity index (χ0v) is 21.4. The molecule has 36 heavy (non-hydrogen) atoms. The molecule has 0 spiro atoms. The fourth-order valence-corrected chi connectivity index (χ4v) is 4.16. The van der Waals surface area contributed by atoms with E-state index < -0.39 is 0 Å². The summed E-state index contributed by atoms with van der Waals surface area (Å²) < 4.78 is 22.1. The number of anilines is 1. The Labute approximate surface area is 211 Å². The minimum Gasteiger partial charge on any atom is -0.493 e. The van der Waals surface area contributed by atoms with Gasteiger partial charge < -0.3 is 28.7 Å². The molecule has 1 aliphatic rings. The summed E-state index contributed by atoms with van der Waals surface area (Å²) in [5.74, 6) is 3.15. The summed E-state index contributed by atoms with van der Waals surface area (Å²) in [4.78, 5) is 16.6. The maximum absolute atomic E-state index is 12.7. The Kier molecular flexibility index (Phi) is 7.77. The fourth-order valence-electron chi connectivity index (χ4n) is 4.16. The molecule has 2 aromatic carbocycles. The lowest BCUT2D eigenvalue weighted by atomic mass is 10.1. The Hall–Kier alpha value is -4.01. The van der Waals surface area contributed by atoms with Crippen molar-refractivity contribution in [3.63, 3.8) is 0 Å². The number of methoxy groups -OCH3 is 3. The topological polar surface area (TPSA) is 86.3 Å². The third kappa shape index (κ3) is 5.45. The van der Waals surface area contributed by atoms with Crippen molar-refractivity contribution in [2.45, 2.75) is 13.8 Å². The van der Waals surface area contributed by atoms with Gasteiger partial charge in [-0.2, -0.15) is 0 Å². The van der Waals surface area contributed by atoms with E-state index >= 15 is 0 Å². The molecule has 0 bridgehead atoms. The van der Waals surface area contributed by atoms with E-state index in [1.165, 1.54) is 0 Å². The quantitative estimate of drug-likeness (QED) is 0.472. The minimum absolute atomic E-state index is 0.0145. The number of benzene rings is 2. The van der Waals surface area contributed by atoms with Gasteiger partial charge in [0.25, 0.3) is 5.91 Å². The maximum Gasteiger partial charge on any atom is 0.260 e. The molecular formula is C27H32N4O5. The second-order valence-electron chi connectivity index (χ2n) is 8.62. The molecule has 190 valence electrons. The molecule has 1 aliphatic heterocycles. The van der Waals surface area contributed by atoms with Crippen LogP contribution in [0.15, 0.2) is 42.5 Å². The van der Waals surface area contributed by atoms with Crippen molar-refractivity contribution in [2.75, 3.05) is 59.0 Å². The highest BCUT2D eigenvalue weighted by molar-refractivity contribution is 5.78. The van der Waals surface area contributed by atoms with Crippen LogP contribution in [0.5, 0.6) is 23.0 Å². The van der Waals surface area contributed by atoms with Gasteiger partial charge in [0.05, 0.1) is 27.0 Å². The average Bonchev–Trinajstić information content (AvgIpc) is 2.92. The van der Waals surface area contributed by atoms with Gasteiger partial charge in [-0.05, 0) is 55.3 Å². The Morgan fingerprint density at radius 1 is 0.833 bits per heavy atom. The van der Waals surface area contributed by atoms with Gasteiger partial charge in [-0.25, -0.2) is 0 Å². The van der Waals surface area contributed by atoms with Crippen molar-refractivity contribution in [1.29, 1.82) is 0 Å². The summed E-state index contributed by atoms with van der Waals surface area (Å²) in [7, 11) is 4.73. The van der Waals surface area contributed by atoms with Gasteiger partial charge in [-0.1, -0.05) is 12.1 Å². The molecule has 4 rings (SSSR count). The summed E-state index contributed by atoms with van der Waals surface area (Å²) in [6.45, 7) is 6.57. The number of ether oxygens (including phenoxy) is 4. The second kappa shape index (κ2) is 11.2. The van der Waals surface area contributed by atoms with E-state index in [0.717, 1.165) is 28.3 Å².